The van der Waals surface area contributed by atoms with Crippen LogP contribution in [0.4, 0.5) is 0 Å². The van der Waals surface area contributed by atoms with E-state index in [1.165, 1.54) is 11.1 Å². The fourth-order valence-electron chi connectivity index (χ4n) is 2.18. The molecular formula is C18H22BrNO. The van der Waals surface area contributed by atoms with Crippen molar-refractivity contribution in [3.05, 3.63) is 63.6 Å². The van der Waals surface area contributed by atoms with Gasteiger partial charge in [0.25, 0.3) is 0 Å². The summed E-state index contributed by atoms with van der Waals surface area (Å²) in [6, 6.07) is 14.9. The summed E-state index contributed by atoms with van der Waals surface area (Å²) >= 11 is 3.57. The molecule has 0 bridgehead atoms. The molecule has 2 rings (SSSR count). The Labute approximate surface area is 135 Å². The van der Waals surface area contributed by atoms with Gasteiger partial charge in [-0.05, 0) is 30.2 Å². The zero-order valence-electron chi connectivity index (χ0n) is 12.8. The molecule has 0 saturated carbocycles. The van der Waals surface area contributed by atoms with Crippen molar-refractivity contribution in [3.63, 3.8) is 0 Å². The number of rotatable bonds is 6. The second-order valence-electron chi connectivity index (χ2n) is 5.52. The van der Waals surface area contributed by atoms with Crippen molar-refractivity contribution in [3.8, 4) is 5.75 Å². The molecular weight excluding hydrogens is 326 g/mol. The third-order valence-electron chi connectivity index (χ3n) is 3.24. The molecule has 0 radical (unpaired) electrons. The molecule has 0 aliphatic carbocycles. The summed E-state index contributed by atoms with van der Waals surface area (Å²) in [5.41, 5.74) is 3.52. The maximum Gasteiger partial charge on any atom is 0.127 e. The molecule has 0 aliphatic rings. The number of benzene rings is 2. The number of nitrogens with one attached hydrogen (secondary N) is 1. The lowest BCUT2D eigenvalue weighted by Crippen LogP contribution is -2.22. The molecule has 0 aromatic heterocycles. The Kier molecular flexibility index (Phi) is 5.83. The molecule has 0 atom stereocenters. The van der Waals surface area contributed by atoms with E-state index in [-0.39, 0.29) is 0 Å². The van der Waals surface area contributed by atoms with E-state index in [1.807, 2.05) is 18.2 Å². The highest BCUT2D eigenvalue weighted by Gasteiger charge is 2.10. The molecule has 21 heavy (non-hydrogen) atoms. The topological polar surface area (TPSA) is 21.3 Å². The molecule has 3 heteroatoms. The van der Waals surface area contributed by atoms with Gasteiger partial charge in [0, 0.05) is 22.6 Å². The summed E-state index contributed by atoms with van der Waals surface area (Å²) in [7, 11) is 0. The quantitative estimate of drug-likeness (QED) is 0.807. The van der Waals surface area contributed by atoms with Crippen LogP contribution in [-0.4, -0.2) is 6.04 Å². The van der Waals surface area contributed by atoms with Gasteiger partial charge in [-0.1, -0.05) is 60.1 Å². The van der Waals surface area contributed by atoms with Gasteiger partial charge >= 0.3 is 0 Å². The van der Waals surface area contributed by atoms with Crippen molar-refractivity contribution in [2.45, 2.75) is 40.0 Å². The molecule has 0 fully saturated rings. The Hall–Kier alpha value is -1.32. The lowest BCUT2D eigenvalue weighted by molar-refractivity contribution is 0.299. The Bertz CT molecular complexity index is 581. The number of halogens is 1. The van der Waals surface area contributed by atoms with E-state index in [1.54, 1.807) is 0 Å². The van der Waals surface area contributed by atoms with Crippen LogP contribution >= 0.6 is 15.9 Å². The van der Waals surface area contributed by atoms with Crippen molar-refractivity contribution < 1.29 is 4.74 Å². The first kappa shape index (κ1) is 16.1. The molecule has 0 heterocycles. The number of hydrogen-bond acceptors (Lipinski definition) is 2. The predicted octanol–water partition coefficient (Wildman–Crippen LogP) is 4.83. The minimum Gasteiger partial charge on any atom is -0.488 e. The Balaban J connectivity index is 2.16. The van der Waals surface area contributed by atoms with E-state index in [0.717, 1.165) is 22.3 Å². The highest BCUT2D eigenvalue weighted by molar-refractivity contribution is 9.10. The normalized spacial score (nSPS) is 10.9. The van der Waals surface area contributed by atoms with Crippen LogP contribution in [0.2, 0.25) is 0 Å². The largest absolute Gasteiger partial charge is 0.488 e. The van der Waals surface area contributed by atoms with Crippen molar-refractivity contribution in [1.29, 1.82) is 0 Å². The second-order valence-corrected chi connectivity index (χ2v) is 6.44. The summed E-state index contributed by atoms with van der Waals surface area (Å²) in [4.78, 5) is 0. The zero-order chi connectivity index (χ0) is 15.2. The summed E-state index contributed by atoms with van der Waals surface area (Å²) in [6.45, 7) is 7.79. The third-order valence-corrected chi connectivity index (χ3v) is 3.70. The summed E-state index contributed by atoms with van der Waals surface area (Å²) in [5.74, 6) is 0.982. The molecule has 2 nitrogen and oxygen atoms in total. The van der Waals surface area contributed by atoms with Gasteiger partial charge in [0.15, 0.2) is 0 Å². The predicted molar refractivity (Wildman–Crippen MR) is 91.6 cm³/mol. The van der Waals surface area contributed by atoms with Crippen molar-refractivity contribution in [1.82, 2.24) is 5.32 Å². The van der Waals surface area contributed by atoms with Crippen LogP contribution in [0.1, 0.15) is 30.5 Å². The molecule has 2 aromatic carbocycles. The van der Waals surface area contributed by atoms with Crippen LogP contribution in [0.15, 0.2) is 46.9 Å². The standard InChI is InChI=1S/C18H22BrNO/c1-13(2)20-11-16-10-17(19)9-14(3)18(16)21-12-15-7-5-4-6-8-15/h4-10,13,20H,11-12H2,1-3H3. The van der Waals surface area contributed by atoms with Gasteiger partial charge in [0.05, 0.1) is 0 Å². The van der Waals surface area contributed by atoms with Crippen LogP contribution in [0.5, 0.6) is 5.75 Å². The van der Waals surface area contributed by atoms with E-state index in [0.29, 0.717) is 12.6 Å². The van der Waals surface area contributed by atoms with Gasteiger partial charge in [0.2, 0.25) is 0 Å². The minimum absolute atomic E-state index is 0.450. The fraction of sp³-hybridized carbons (Fsp3) is 0.333. The molecule has 0 aliphatic heterocycles. The maximum atomic E-state index is 6.08. The maximum absolute atomic E-state index is 6.08. The third kappa shape index (κ3) is 4.87. The van der Waals surface area contributed by atoms with Crippen LogP contribution in [0, 0.1) is 6.92 Å². The monoisotopic (exact) mass is 347 g/mol. The lowest BCUT2D eigenvalue weighted by Gasteiger charge is -2.17. The first-order chi connectivity index (χ1) is 10.1. The average Bonchev–Trinajstić information content (AvgIpc) is 2.45. The first-order valence-electron chi connectivity index (χ1n) is 7.25. The molecule has 0 amide bonds. The smallest absolute Gasteiger partial charge is 0.127 e. The molecule has 112 valence electrons. The molecule has 1 N–H and O–H groups in total. The van der Waals surface area contributed by atoms with Crippen LogP contribution in [-0.2, 0) is 13.2 Å². The fourth-order valence-corrected chi connectivity index (χ4v) is 2.80. The van der Waals surface area contributed by atoms with Gasteiger partial charge < -0.3 is 10.1 Å². The SMILES string of the molecule is Cc1cc(Br)cc(CNC(C)C)c1OCc1ccccc1. The highest BCUT2D eigenvalue weighted by atomic mass is 79.9. The summed E-state index contributed by atoms with van der Waals surface area (Å²) in [5, 5.41) is 3.45. The zero-order valence-corrected chi connectivity index (χ0v) is 14.4. The Morgan fingerprint density at radius 1 is 1.14 bits per heavy atom. The number of hydrogen-bond donors (Lipinski definition) is 1. The molecule has 2 aromatic rings. The van der Waals surface area contributed by atoms with Crippen LogP contribution < -0.4 is 10.1 Å². The van der Waals surface area contributed by atoms with E-state index < -0.39 is 0 Å². The summed E-state index contributed by atoms with van der Waals surface area (Å²) < 4.78 is 7.17. The van der Waals surface area contributed by atoms with E-state index in [4.69, 9.17) is 4.74 Å². The highest BCUT2D eigenvalue weighted by Crippen LogP contribution is 2.29. The van der Waals surface area contributed by atoms with Crippen LogP contribution in [0.25, 0.3) is 0 Å². The van der Waals surface area contributed by atoms with E-state index >= 15 is 0 Å². The van der Waals surface area contributed by atoms with Crippen molar-refractivity contribution >= 4 is 15.9 Å². The minimum atomic E-state index is 0.450. The van der Waals surface area contributed by atoms with Crippen molar-refractivity contribution in [2.24, 2.45) is 0 Å². The Morgan fingerprint density at radius 3 is 2.52 bits per heavy atom. The lowest BCUT2D eigenvalue weighted by atomic mass is 10.1. The second kappa shape index (κ2) is 7.62. The van der Waals surface area contributed by atoms with Crippen molar-refractivity contribution in [2.75, 3.05) is 0 Å². The van der Waals surface area contributed by atoms with Crippen LogP contribution in [0.3, 0.4) is 0 Å². The first-order valence-corrected chi connectivity index (χ1v) is 8.04. The van der Waals surface area contributed by atoms with Gasteiger partial charge in [-0.15, -0.1) is 0 Å². The molecule has 0 saturated heterocycles. The van der Waals surface area contributed by atoms with Gasteiger partial charge in [-0.3, -0.25) is 0 Å². The van der Waals surface area contributed by atoms with Gasteiger partial charge in [-0.25, -0.2) is 0 Å². The summed E-state index contributed by atoms with van der Waals surface area (Å²) in [6.07, 6.45) is 0. The number of ether oxygens (including phenoxy) is 1. The van der Waals surface area contributed by atoms with Gasteiger partial charge in [0.1, 0.15) is 12.4 Å². The average molecular weight is 348 g/mol. The Morgan fingerprint density at radius 2 is 1.86 bits per heavy atom. The molecule has 0 unspecified atom stereocenters. The molecule has 0 spiro atoms. The number of aryl methyl sites for hydroxylation is 1. The van der Waals surface area contributed by atoms with E-state index in [9.17, 15) is 0 Å². The van der Waals surface area contributed by atoms with E-state index in [2.05, 4.69) is 66.3 Å². The van der Waals surface area contributed by atoms with Gasteiger partial charge in [-0.2, -0.15) is 0 Å².